The molecule has 0 bridgehead atoms. The van der Waals surface area contributed by atoms with Gasteiger partial charge in [-0.1, -0.05) is 0 Å². The van der Waals surface area contributed by atoms with Crippen molar-refractivity contribution in [3.8, 4) is 0 Å². The Morgan fingerprint density at radius 3 is 2.79 bits per heavy atom. The van der Waals surface area contributed by atoms with Crippen LogP contribution in [-0.4, -0.2) is 54.6 Å². The molecule has 0 saturated carbocycles. The number of rotatable bonds is 2. The molecule has 1 saturated heterocycles. The van der Waals surface area contributed by atoms with Gasteiger partial charge in [0, 0.05) is 12.6 Å². The highest BCUT2D eigenvalue weighted by atomic mass is 16.4. The third kappa shape index (κ3) is 2.25. The van der Waals surface area contributed by atoms with Gasteiger partial charge in [-0.25, -0.2) is 9.59 Å². The average molecular weight is 270 g/mol. The zero-order valence-corrected chi connectivity index (χ0v) is 9.88. The van der Waals surface area contributed by atoms with Crippen molar-refractivity contribution in [3.63, 3.8) is 0 Å². The summed E-state index contributed by atoms with van der Waals surface area (Å²) in [5.74, 6) is 0.00863. The summed E-state index contributed by atoms with van der Waals surface area (Å²) in [5, 5.41) is 28.2. The topological polar surface area (TPSA) is 142 Å². The van der Waals surface area contributed by atoms with E-state index < -0.39 is 36.7 Å². The van der Waals surface area contributed by atoms with Crippen molar-refractivity contribution in [3.05, 3.63) is 22.7 Å². The molecule has 1 fully saturated rings. The van der Waals surface area contributed by atoms with Crippen molar-refractivity contribution in [2.45, 2.75) is 24.7 Å². The first-order valence-electron chi connectivity index (χ1n) is 5.60. The van der Waals surface area contributed by atoms with Crippen LogP contribution in [0.1, 0.15) is 12.6 Å². The maximum absolute atomic E-state index is 11.7. The molecule has 1 aromatic heterocycles. The lowest BCUT2D eigenvalue weighted by atomic mass is 10.2. The Kier molecular flexibility index (Phi) is 3.40. The number of amides is 1. The van der Waals surface area contributed by atoms with Gasteiger partial charge in [-0.05, 0) is 6.07 Å². The molecule has 1 aromatic rings. The first-order chi connectivity index (χ1) is 8.95. The Labute approximate surface area is 107 Å². The number of nitrogens with two attached hydrogens (primary N) is 1. The predicted octanol–water partition coefficient (Wildman–Crippen LogP) is -1.57. The molecule has 0 aromatic carbocycles. The fourth-order valence-corrected chi connectivity index (χ4v) is 2.29. The summed E-state index contributed by atoms with van der Waals surface area (Å²) in [6.45, 7) is -0.434. The van der Waals surface area contributed by atoms with E-state index in [-0.39, 0.29) is 12.2 Å². The molecule has 9 heteroatoms. The molecule has 5 N–H and O–H groups in total. The highest BCUT2D eigenvalue weighted by Crippen LogP contribution is 2.31. The SMILES string of the molecule is Nc1ccn([C@H]2[C@H](O)C[C@@H](CO)N2C(=O)O)c(=O)n1. The Balaban J connectivity index is 2.46. The lowest BCUT2D eigenvalue weighted by Crippen LogP contribution is -2.44. The third-order valence-electron chi connectivity index (χ3n) is 3.10. The lowest BCUT2D eigenvalue weighted by Gasteiger charge is -2.28. The van der Waals surface area contributed by atoms with Crippen LogP contribution in [0.4, 0.5) is 10.6 Å². The van der Waals surface area contributed by atoms with Gasteiger partial charge in [0.05, 0.1) is 18.8 Å². The summed E-state index contributed by atoms with van der Waals surface area (Å²) in [7, 11) is 0. The van der Waals surface area contributed by atoms with Gasteiger partial charge in [0.2, 0.25) is 0 Å². The zero-order chi connectivity index (χ0) is 14.2. The second-order valence-corrected chi connectivity index (χ2v) is 4.29. The van der Waals surface area contributed by atoms with E-state index in [4.69, 9.17) is 15.9 Å². The highest BCUT2D eigenvalue weighted by molar-refractivity contribution is 5.66. The number of aliphatic hydroxyl groups excluding tert-OH is 2. The van der Waals surface area contributed by atoms with E-state index in [0.717, 1.165) is 9.47 Å². The summed E-state index contributed by atoms with van der Waals surface area (Å²) in [4.78, 5) is 27.3. The Morgan fingerprint density at radius 1 is 1.58 bits per heavy atom. The molecule has 2 rings (SSSR count). The summed E-state index contributed by atoms with van der Waals surface area (Å²) in [6, 6.07) is 0.572. The van der Waals surface area contributed by atoms with Crippen molar-refractivity contribution in [1.29, 1.82) is 0 Å². The van der Waals surface area contributed by atoms with E-state index in [1.54, 1.807) is 0 Å². The van der Waals surface area contributed by atoms with E-state index >= 15 is 0 Å². The fourth-order valence-electron chi connectivity index (χ4n) is 2.29. The maximum atomic E-state index is 11.7. The number of carbonyl (C=O) groups is 1. The van der Waals surface area contributed by atoms with Crippen LogP contribution in [0.5, 0.6) is 0 Å². The van der Waals surface area contributed by atoms with Crippen LogP contribution in [0.25, 0.3) is 0 Å². The number of aliphatic hydroxyl groups is 2. The molecule has 3 atom stereocenters. The van der Waals surface area contributed by atoms with Crippen LogP contribution in [0, 0.1) is 0 Å². The van der Waals surface area contributed by atoms with Gasteiger partial charge in [0.25, 0.3) is 0 Å². The van der Waals surface area contributed by atoms with Crippen LogP contribution in [0.3, 0.4) is 0 Å². The average Bonchev–Trinajstić information content (AvgIpc) is 2.66. The van der Waals surface area contributed by atoms with Crippen molar-refractivity contribution >= 4 is 11.9 Å². The molecule has 19 heavy (non-hydrogen) atoms. The third-order valence-corrected chi connectivity index (χ3v) is 3.10. The Bertz CT molecular complexity index is 545. The molecule has 104 valence electrons. The monoisotopic (exact) mass is 270 g/mol. The summed E-state index contributed by atoms with van der Waals surface area (Å²) in [5.41, 5.74) is 4.60. The van der Waals surface area contributed by atoms with Crippen molar-refractivity contribution in [2.75, 3.05) is 12.3 Å². The zero-order valence-electron chi connectivity index (χ0n) is 9.88. The number of nitrogens with zero attached hydrogens (tertiary/aromatic N) is 3. The van der Waals surface area contributed by atoms with E-state index in [9.17, 15) is 14.7 Å². The summed E-state index contributed by atoms with van der Waals surface area (Å²) in [6.07, 6.45) is -2.23. The van der Waals surface area contributed by atoms with Gasteiger partial charge in [0.1, 0.15) is 12.0 Å². The van der Waals surface area contributed by atoms with Crippen LogP contribution in [0.2, 0.25) is 0 Å². The van der Waals surface area contributed by atoms with Gasteiger partial charge < -0.3 is 21.1 Å². The first kappa shape index (κ1) is 13.3. The van der Waals surface area contributed by atoms with Crippen LogP contribution < -0.4 is 11.4 Å². The predicted molar refractivity (Wildman–Crippen MR) is 63.3 cm³/mol. The van der Waals surface area contributed by atoms with E-state index in [1.807, 2.05) is 0 Å². The minimum atomic E-state index is -1.33. The van der Waals surface area contributed by atoms with E-state index in [0.29, 0.717) is 0 Å². The van der Waals surface area contributed by atoms with Crippen molar-refractivity contribution < 1.29 is 20.1 Å². The molecular weight excluding hydrogens is 256 g/mol. The van der Waals surface area contributed by atoms with Crippen LogP contribution in [-0.2, 0) is 0 Å². The lowest BCUT2D eigenvalue weighted by molar-refractivity contribution is 0.0495. The summed E-state index contributed by atoms with van der Waals surface area (Å²) < 4.78 is 0.991. The number of hydrogen-bond donors (Lipinski definition) is 4. The normalized spacial score (nSPS) is 26.6. The number of carboxylic acid groups (broad SMARTS) is 1. The van der Waals surface area contributed by atoms with E-state index in [1.165, 1.54) is 12.3 Å². The quantitative estimate of drug-likeness (QED) is 0.508. The Hall–Kier alpha value is -2.13. The van der Waals surface area contributed by atoms with Crippen LogP contribution >= 0.6 is 0 Å². The number of anilines is 1. The minimum Gasteiger partial charge on any atom is -0.465 e. The number of aromatic nitrogens is 2. The molecule has 2 heterocycles. The Morgan fingerprint density at radius 2 is 2.26 bits per heavy atom. The molecule has 0 radical (unpaired) electrons. The molecule has 0 spiro atoms. The molecule has 9 nitrogen and oxygen atoms in total. The number of nitrogen functional groups attached to an aromatic ring is 1. The standard InChI is InChI=1S/C10H14N4O5/c11-7-1-2-13(9(17)12-7)8-6(16)3-5(4-15)14(8)10(18)19/h1-2,5-6,8,15-16H,3-4H2,(H,18,19)(H2,11,12,17)/t5-,6+,8+/m0/s1. The molecule has 0 aliphatic carbocycles. The van der Waals surface area contributed by atoms with Crippen LogP contribution in [0.15, 0.2) is 17.1 Å². The van der Waals surface area contributed by atoms with Gasteiger partial charge in [-0.3, -0.25) is 9.47 Å². The fraction of sp³-hybridized carbons (Fsp3) is 0.500. The smallest absolute Gasteiger partial charge is 0.409 e. The van der Waals surface area contributed by atoms with Gasteiger partial charge in [-0.2, -0.15) is 4.98 Å². The van der Waals surface area contributed by atoms with Gasteiger partial charge in [-0.15, -0.1) is 0 Å². The second-order valence-electron chi connectivity index (χ2n) is 4.29. The highest BCUT2D eigenvalue weighted by Gasteiger charge is 2.44. The molecule has 1 amide bonds. The molecule has 1 aliphatic rings. The number of hydrogen-bond acceptors (Lipinski definition) is 6. The number of likely N-dealkylation sites (tertiary alicyclic amines) is 1. The van der Waals surface area contributed by atoms with Crippen molar-refractivity contribution in [2.24, 2.45) is 0 Å². The molecular formula is C10H14N4O5. The van der Waals surface area contributed by atoms with Gasteiger partial charge >= 0.3 is 11.8 Å². The summed E-state index contributed by atoms with van der Waals surface area (Å²) >= 11 is 0. The molecule has 0 unspecified atom stereocenters. The van der Waals surface area contributed by atoms with Crippen molar-refractivity contribution in [1.82, 2.24) is 14.5 Å². The van der Waals surface area contributed by atoms with Gasteiger partial charge in [0.15, 0.2) is 0 Å². The maximum Gasteiger partial charge on any atom is 0.409 e. The minimum absolute atomic E-state index is 0.00863. The second kappa shape index (κ2) is 4.86. The largest absolute Gasteiger partial charge is 0.465 e. The first-order valence-corrected chi connectivity index (χ1v) is 5.60. The van der Waals surface area contributed by atoms with E-state index in [2.05, 4.69) is 4.98 Å². The molecule has 1 aliphatic heterocycles.